The van der Waals surface area contributed by atoms with E-state index in [-0.39, 0.29) is 11.8 Å². The molecule has 2 rings (SSSR count). The number of carbonyl (C=O) groups excluding carboxylic acids is 2. The number of hydrogen-bond donors (Lipinski definition) is 1. The van der Waals surface area contributed by atoms with E-state index in [0.29, 0.717) is 29.9 Å². The number of carbonyl (C=O) groups is 2. The van der Waals surface area contributed by atoms with Crippen LogP contribution in [0.3, 0.4) is 0 Å². The molecule has 1 heterocycles. The first-order valence-electron chi connectivity index (χ1n) is 7.68. The maximum atomic E-state index is 11.9. The zero-order valence-electron chi connectivity index (χ0n) is 14.2. The van der Waals surface area contributed by atoms with Crippen molar-refractivity contribution in [3.05, 3.63) is 23.8 Å². The quantitative estimate of drug-likeness (QED) is 0.881. The molecular weight excluding hydrogens is 330 g/mol. The number of nitrogens with one attached hydrogen (secondary N) is 1. The van der Waals surface area contributed by atoms with Gasteiger partial charge in [-0.1, -0.05) is 11.8 Å². The zero-order valence-corrected chi connectivity index (χ0v) is 15.0. The molecule has 24 heavy (non-hydrogen) atoms. The molecule has 8 heteroatoms. The average molecular weight is 351 g/mol. The molecule has 130 valence electrons. The summed E-state index contributed by atoms with van der Waals surface area (Å²) < 4.78 is 11.2. The Morgan fingerprint density at radius 2 is 1.96 bits per heavy atom. The summed E-state index contributed by atoms with van der Waals surface area (Å²) in [7, 11) is 0. The van der Waals surface area contributed by atoms with Crippen molar-refractivity contribution in [1.29, 1.82) is 0 Å². The first-order valence-corrected chi connectivity index (χ1v) is 8.56. The van der Waals surface area contributed by atoms with Crippen LogP contribution in [0.4, 0.5) is 0 Å². The van der Waals surface area contributed by atoms with Crippen LogP contribution in [0, 0.1) is 0 Å². The van der Waals surface area contributed by atoms with Crippen LogP contribution in [0.1, 0.15) is 38.6 Å². The van der Waals surface area contributed by atoms with Gasteiger partial charge in [0.15, 0.2) is 5.17 Å². The lowest BCUT2D eigenvalue weighted by Gasteiger charge is -2.22. The highest BCUT2D eigenvalue weighted by Crippen LogP contribution is 2.43. The number of amidine groups is 1. The van der Waals surface area contributed by atoms with E-state index in [1.54, 1.807) is 6.07 Å². The molecule has 1 aliphatic heterocycles. The lowest BCUT2D eigenvalue weighted by molar-refractivity contribution is -0.129. The summed E-state index contributed by atoms with van der Waals surface area (Å²) in [4.78, 5) is 23.2. The van der Waals surface area contributed by atoms with Gasteiger partial charge < -0.3 is 14.8 Å². The summed E-state index contributed by atoms with van der Waals surface area (Å²) in [5.41, 5.74) is 0.796. The SMILES string of the molecule is CCOc1ccc([C@H]2SC(NC(C)=O)=NN2C(C)=O)c(OCC)c1. The van der Waals surface area contributed by atoms with Crippen LogP contribution >= 0.6 is 11.8 Å². The van der Waals surface area contributed by atoms with Crippen molar-refractivity contribution in [3.63, 3.8) is 0 Å². The van der Waals surface area contributed by atoms with Crippen LogP contribution in [-0.2, 0) is 9.59 Å². The Morgan fingerprint density at radius 1 is 1.25 bits per heavy atom. The second-order valence-electron chi connectivity index (χ2n) is 4.99. The number of rotatable bonds is 5. The predicted molar refractivity (Wildman–Crippen MR) is 92.9 cm³/mol. The van der Waals surface area contributed by atoms with E-state index in [9.17, 15) is 9.59 Å². The molecule has 1 N–H and O–H groups in total. The molecule has 7 nitrogen and oxygen atoms in total. The van der Waals surface area contributed by atoms with Crippen molar-refractivity contribution in [2.45, 2.75) is 33.1 Å². The van der Waals surface area contributed by atoms with Gasteiger partial charge in [-0.2, -0.15) is 0 Å². The van der Waals surface area contributed by atoms with Gasteiger partial charge in [0.2, 0.25) is 11.8 Å². The van der Waals surface area contributed by atoms with E-state index in [1.807, 2.05) is 26.0 Å². The zero-order chi connectivity index (χ0) is 17.7. The minimum Gasteiger partial charge on any atom is -0.494 e. The molecular formula is C16H21N3O4S. The van der Waals surface area contributed by atoms with Crippen molar-refractivity contribution in [1.82, 2.24) is 10.3 Å². The number of nitrogens with zero attached hydrogens (tertiary/aromatic N) is 2. The Morgan fingerprint density at radius 3 is 2.54 bits per heavy atom. The minimum absolute atomic E-state index is 0.218. The Balaban J connectivity index is 2.35. The molecule has 0 aromatic heterocycles. The maximum absolute atomic E-state index is 11.9. The van der Waals surface area contributed by atoms with Crippen LogP contribution in [0.2, 0.25) is 0 Å². The van der Waals surface area contributed by atoms with Crippen molar-refractivity contribution < 1.29 is 19.1 Å². The average Bonchev–Trinajstić information content (AvgIpc) is 2.91. The number of amides is 2. The molecule has 1 aromatic rings. The van der Waals surface area contributed by atoms with Crippen LogP contribution in [0.25, 0.3) is 0 Å². The highest BCUT2D eigenvalue weighted by Gasteiger charge is 2.34. The molecule has 1 atom stereocenters. The number of thioether (sulfide) groups is 1. The monoisotopic (exact) mass is 351 g/mol. The third-order valence-corrected chi connectivity index (χ3v) is 4.20. The van der Waals surface area contributed by atoms with Gasteiger partial charge in [-0.05, 0) is 26.0 Å². The van der Waals surface area contributed by atoms with Crippen molar-refractivity contribution >= 4 is 28.7 Å². The highest BCUT2D eigenvalue weighted by molar-refractivity contribution is 8.14. The number of hydrogen-bond acceptors (Lipinski definition) is 6. The minimum atomic E-state index is -0.401. The van der Waals surface area contributed by atoms with E-state index in [2.05, 4.69) is 10.4 Å². The third-order valence-electron chi connectivity index (χ3n) is 3.11. The summed E-state index contributed by atoms with van der Waals surface area (Å²) in [6, 6.07) is 5.49. The van der Waals surface area contributed by atoms with Gasteiger partial charge in [0, 0.05) is 25.5 Å². The molecule has 0 radical (unpaired) electrons. The van der Waals surface area contributed by atoms with Gasteiger partial charge in [0.05, 0.1) is 13.2 Å². The van der Waals surface area contributed by atoms with Gasteiger partial charge in [0.25, 0.3) is 0 Å². The molecule has 0 unspecified atom stereocenters. The summed E-state index contributed by atoms with van der Waals surface area (Å²) in [5, 5.41) is 8.14. The number of ether oxygens (including phenoxy) is 2. The third kappa shape index (κ3) is 4.19. The molecule has 0 spiro atoms. The number of benzene rings is 1. The van der Waals surface area contributed by atoms with Crippen molar-refractivity contribution in [3.8, 4) is 11.5 Å². The van der Waals surface area contributed by atoms with Crippen molar-refractivity contribution in [2.24, 2.45) is 5.10 Å². The predicted octanol–water partition coefficient (Wildman–Crippen LogP) is 2.49. The summed E-state index contributed by atoms with van der Waals surface area (Å²) in [5.74, 6) is 0.878. The van der Waals surface area contributed by atoms with E-state index >= 15 is 0 Å². The van der Waals surface area contributed by atoms with Crippen molar-refractivity contribution in [2.75, 3.05) is 13.2 Å². The maximum Gasteiger partial charge on any atom is 0.241 e. The molecule has 0 fully saturated rings. The Bertz CT molecular complexity index is 663. The lowest BCUT2D eigenvalue weighted by atomic mass is 10.1. The van der Waals surface area contributed by atoms with Crippen LogP contribution in [-0.4, -0.2) is 35.2 Å². The molecule has 0 saturated heterocycles. The summed E-state index contributed by atoms with van der Waals surface area (Å²) in [6.07, 6.45) is 0. The Hall–Kier alpha value is -2.22. The fourth-order valence-corrected chi connectivity index (χ4v) is 3.39. The standard InChI is InChI=1S/C16H21N3O4S/c1-5-22-12-7-8-13(14(9-12)23-6-2)15-19(11(4)21)18-16(24-15)17-10(3)20/h7-9,15H,5-6H2,1-4H3,(H,17,18,20)/t15-/m1/s1. The van der Waals surface area contributed by atoms with Gasteiger partial charge in [-0.15, -0.1) is 5.10 Å². The first kappa shape index (κ1) is 18.1. The molecule has 1 aliphatic rings. The Labute approximate surface area is 145 Å². The first-order chi connectivity index (χ1) is 11.5. The molecule has 2 amide bonds. The van der Waals surface area contributed by atoms with E-state index in [1.165, 1.54) is 30.6 Å². The van der Waals surface area contributed by atoms with Gasteiger partial charge in [0.1, 0.15) is 16.9 Å². The highest BCUT2D eigenvalue weighted by atomic mass is 32.2. The summed E-state index contributed by atoms with van der Waals surface area (Å²) in [6.45, 7) is 7.67. The normalized spacial score (nSPS) is 16.6. The molecule has 0 aliphatic carbocycles. The van der Waals surface area contributed by atoms with Gasteiger partial charge in [-0.3, -0.25) is 9.59 Å². The van der Waals surface area contributed by atoms with E-state index < -0.39 is 5.37 Å². The largest absolute Gasteiger partial charge is 0.494 e. The van der Waals surface area contributed by atoms with Crippen LogP contribution in [0.5, 0.6) is 11.5 Å². The van der Waals surface area contributed by atoms with Gasteiger partial charge >= 0.3 is 0 Å². The molecule has 1 aromatic carbocycles. The molecule has 0 bridgehead atoms. The number of hydrazone groups is 1. The second-order valence-corrected chi connectivity index (χ2v) is 6.05. The summed E-state index contributed by atoms with van der Waals surface area (Å²) >= 11 is 1.29. The van der Waals surface area contributed by atoms with E-state index in [0.717, 1.165) is 5.56 Å². The fraction of sp³-hybridized carbons (Fsp3) is 0.438. The second kappa shape index (κ2) is 8.05. The van der Waals surface area contributed by atoms with Crippen LogP contribution in [0.15, 0.2) is 23.3 Å². The Kier molecular flexibility index (Phi) is 6.08. The lowest BCUT2D eigenvalue weighted by Crippen LogP contribution is -2.25. The van der Waals surface area contributed by atoms with Gasteiger partial charge in [-0.25, -0.2) is 5.01 Å². The smallest absolute Gasteiger partial charge is 0.241 e. The molecule has 0 saturated carbocycles. The van der Waals surface area contributed by atoms with Crippen LogP contribution < -0.4 is 14.8 Å². The fourth-order valence-electron chi connectivity index (χ4n) is 2.22. The topological polar surface area (TPSA) is 80.2 Å². The van der Waals surface area contributed by atoms with E-state index in [4.69, 9.17) is 9.47 Å².